The lowest BCUT2D eigenvalue weighted by Gasteiger charge is -2.10. The van der Waals surface area contributed by atoms with E-state index in [2.05, 4.69) is 103 Å². The molecule has 0 saturated heterocycles. The summed E-state index contributed by atoms with van der Waals surface area (Å²) >= 11 is 0. The Morgan fingerprint density at radius 2 is 1.06 bits per heavy atom. The predicted molar refractivity (Wildman–Crippen MR) is 149 cm³/mol. The van der Waals surface area contributed by atoms with E-state index in [0.29, 0.717) is 0 Å². The quantitative estimate of drug-likeness (QED) is 0.220. The maximum absolute atomic E-state index is 13.4. The molecule has 0 fully saturated rings. The van der Waals surface area contributed by atoms with Gasteiger partial charge >= 0.3 is 7.65 Å². The first-order valence-corrected chi connectivity index (χ1v) is 13.5. The zero-order valence-corrected chi connectivity index (χ0v) is 20.8. The smallest absolute Gasteiger partial charge is 0.249 e. The summed E-state index contributed by atoms with van der Waals surface area (Å²) in [6.45, 7) is 0. The van der Waals surface area contributed by atoms with Crippen LogP contribution < -0.4 is 0 Å². The van der Waals surface area contributed by atoms with Gasteiger partial charge in [0.15, 0.2) is 5.58 Å². The van der Waals surface area contributed by atoms with Crippen molar-refractivity contribution in [3.63, 3.8) is 0 Å². The maximum Gasteiger partial charge on any atom is 0.597 e. The van der Waals surface area contributed by atoms with E-state index in [1.54, 1.807) is 0 Å². The molecular weight excluding hydrogens is 459 g/mol. The minimum absolute atomic E-state index is 0.733. The van der Waals surface area contributed by atoms with Crippen LogP contribution in [0.15, 0.2) is 126 Å². The van der Waals surface area contributed by atoms with Gasteiger partial charge in [-0.1, -0.05) is 103 Å². The summed E-state index contributed by atoms with van der Waals surface area (Å²) in [5, 5.41) is 2.83. The van der Waals surface area contributed by atoms with Crippen LogP contribution in [0.3, 0.4) is 0 Å². The second kappa shape index (κ2) is 9.93. The van der Waals surface area contributed by atoms with Gasteiger partial charge in [0, 0.05) is 22.8 Å². The molecule has 5 aromatic carbocycles. The molecule has 0 aliphatic heterocycles. The summed E-state index contributed by atoms with van der Waals surface area (Å²) in [6.07, 6.45) is 2.37. The molecule has 6 rings (SSSR count). The van der Waals surface area contributed by atoms with Gasteiger partial charge in [-0.25, -0.2) is 4.20 Å². The van der Waals surface area contributed by atoms with E-state index in [1.807, 2.05) is 18.2 Å². The van der Waals surface area contributed by atoms with Gasteiger partial charge < -0.3 is 0 Å². The van der Waals surface area contributed by atoms with Crippen LogP contribution in [0, 0.1) is 0 Å². The lowest BCUT2D eigenvalue weighted by Crippen LogP contribution is -1.95. The highest BCUT2D eigenvalue weighted by Gasteiger charge is 2.21. The number of benzene rings is 5. The van der Waals surface area contributed by atoms with Crippen LogP contribution in [-0.4, -0.2) is 0 Å². The molecular formula is C33H26O2P+. The molecule has 0 spiro atoms. The first kappa shape index (κ1) is 22.5. The predicted octanol–water partition coefficient (Wildman–Crippen LogP) is 9.10. The SMILES string of the molecule is O=[p+]1oc2c(Cc3ccccc3)cc(Cc3ccccc3)cc2c2ccc(Cc3ccccc3)cc21. The third-order valence-electron chi connectivity index (χ3n) is 6.69. The minimum atomic E-state index is -1.98. The van der Waals surface area contributed by atoms with Crippen molar-refractivity contribution >= 4 is 29.1 Å². The molecule has 1 unspecified atom stereocenters. The first-order valence-electron chi connectivity index (χ1n) is 12.3. The fourth-order valence-corrected chi connectivity index (χ4v) is 6.12. The summed E-state index contributed by atoms with van der Waals surface area (Å²) in [6, 6.07) is 42.1. The van der Waals surface area contributed by atoms with Crippen molar-refractivity contribution < 1.29 is 8.76 Å². The van der Waals surface area contributed by atoms with Crippen LogP contribution in [0.1, 0.15) is 33.4 Å². The van der Waals surface area contributed by atoms with Crippen LogP contribution in [0.4, 0.5) is 0 Å². The Morgan fingerprint density at radius 3 is 1.67 bits per heavy atom. The van der Waals surface area contributed by atoms with E-state index in [9.17, 15) is 4.57 Å². The van der Waals surface area contributed by atoms with Crippen molar-refractivity contribution in [2.75, 3.05) is 0 Å². The van der Waals surface area contributed by atoms with Crippen molar-refractivity contribution in [1.29, 1.82) is 0 Å². The zero-order valence-electron chi connectivity index (χ0n) is 19.9. The molecule has 36 heavy (non-hydrogen) atoms. The van der Waals surface area contributed by atoms with Crippen LogP contribution in [-0.2, 0) is 23.8 Å². The fraction of sp³-hybridized carbons (Fsp3) is 0.0909. The van der Waals surface area contributed by atoms with Gasteiger partial charge in [-0.3, -0.25) is 0 Å². The molecule has 1 heterocycles. The molecule has 6 aromatic rings. The summed E-state index contributed by atoms with van der Waals surface area (Å²) in [4.78, 5) is 0. The maximum atomic E-state index is 13.4. The second-order valence-electron chi connectivity index (χ2n) is 9.32. The van der Waals surface area contributed by atoms with Crippen LogP contribution in [0.2, 0.25) is 0 Å². The molecule has 3 heteroatoms. The molecule has 1 aromatic heterocycles. The largest absolute Gasteiger partial charge is 0.597 e. The fourth-order valence-electron chi connectivity index (χ4n) is 4.97. The Hall–Kier alpha value is -4.00. The lowest BCUT2D eigenvalue weighted by molar-refractivity contribution is 0.562. The van der Waals surface area contributed by atoms with E-state index < -0.39 is 7.65 Å². The molecule has 0 amide bonds. The van der Waals surface area contributed by atoms with Gasteiger partial charge in [-0.15, -0.1) is 0 Å². The van der Waals surface area contributed by atoms with Gasteiger partial charge in [0.1, 0.15) is 0 Å². The highest BCUT2D eigenvalue weighted by Crippen LogP contribution is 2.39. The Kier molecular flexibility index (Phi) is 6.20. The Bertz CT molecular complexity index is 1710. The first-order chi connectivity index (χ1) is 17.7. The van der Waals surface area contributed by atoms with E-state index in [1.165, 1.54) is 22.3 Å². The summed E-state index contributed by atoms with van der Waals surface area (Å²) in [5.41, 5.74) is 7.90. The molecule has 0 aliphatic carbocycles. The molecule has 2 nitrogen and oxygen atoms in total. The highest BCUT2D eigenvalue weighted by atomic mass is 31.1. The molecule has 0 aliphatic rings. The average molecular weight is 486 g/mol. The van der Waals surface area contributed by atoms with Gasteiger partial charge in [-0.2, -0.15) is 0 Å². The van der Waals surface area contributed by atoms with Crippen molar-refractivity contribution in [2.24, 2.45) is 0 Å². The molecule has 0 N–H and O–H groups in total. The van der Waals surface area contributed by atoms with Gasteiger partial charge in [0.05, 0.1) is 0 Å². The van der Waals surface area contributed by atoms with Gasteiger partial charge in [0.25, 0.3) is 0 Å². The number of hydrogen-bond donors (Lipinski definition) is 0. The normalized spacial score (nSPS) is 11.7. The van der Waals surface area contributed by atoms with Crippen molar-refractivity contribution in [3.05, 3.63) is 155 Å². The molecule has 0 radical (unpaired) electrons. The highest BCUT2D eigenvalue weighted by molar-refractivity contribution is 7.37. The Morgan fingerprint density at radius 1 is 0.500 bits per heavy atom. The van der Waals surface area contributed by atoms with Crippen molar-refractivity contribution in [2.45, 2.75) is 19.3 Å². The minimum Gasteiger partial charge on any atom is -0.249 e. The third-order valence-corrected chi connectivity index (χ3v) is 7.80. The van der Waals surface area contributed by atoms with E-state index in [-0.39, 0.29) is 0 Å². The van der Waals surface area contributed by atoms with E-state index in [4.69, 9.17) is 4.20 Å². The van der Waals surface area contributed by atoms with Crippen LogP contribution in [0.5, 0.6) is 0 Å². The number of rotatable bonds is 6. The lowest BCUT2D eigenvalue weighted by atomic mass is 9.95. The van der Waals surface area contributed by atoms with Crippen LogP contribution in [0.25, 0.3) is 21.5 Å². The number of fused-ring (bicyclic) bond motifs is 3. The summed E-state index contributed by atoms with van der Waals surface area (Å²) in [5.74, 6) is 0. The topological polar surface area (TPSA) is 30.2 Å². The summed E-state index contributed by atoms with van der Waals surface area (Å²) < 4.78 is 19.5. The summed E-state index contributed by atoms with van der Waals surface area (Å²) in [7, 11) is -1.98. The van der Waals surface area contributed by atoms with E-state index >= 15 is 0 Å². The number of hydrogen-bond acceptors (Lipinski definition) is 2. The third kappa shape index (κ3) is 4.73. The van der Waals surface area contributed by atoms with E-state index in [0.717, 1.165) is 51.9 Å². The molecule has 1 atom stereocenters. The standard InChI is InChI=1S/C33H26O2P/c34-36-32-23-27(18-24-10-4-1-5-11-24)16-17-30(32)31-22-28(19-25-12-6-2-7-13-25)21-29(33(31)35-36)20-26-14-8-3-9-15-26/h1-17,21-23H,18-20H2/q+1. The van der Waals surface area contributed by atoms with Crippen LogP contribution >= 0.6 is 7.65 Å². The molecule has 174 valence electrons. The molecule has 0 saturated carbocycles. The zero-order chi connectivity index (χ0) is 24.3. The Labute approximate surface area is 211 Å². The Balaban J connectivity index is 1.51. The average Bonchev–Trinajstić information content (AvgIpc) is 2.91. The van der Waals surface area contributed by atoms with Crippen molar-refractivity contribution in [3.8, 4) is 0 Å². The monoisotopic (exact) mass is 485 g/mol. The molecule has 0 bridgehead atoms. The van der Waals surface area contributed by atoms with Crippen molar-refractivity contribution in [1.82, 2.24) is 0 Å². The second-order valence-corrected chi connectivity index (χ2v) is 10.5. The van der Waals surface area contributed by atoms with Gasteiger partial charge in [-0.05, 0) is 63.4 Å². The van der Waals surface area contributed by atoms with Gasteiger partial charge in [0.2, 0.25) is 5.12 Å².